The molecule has 0 saturated carbocycles. The van der Waals surface area contributed by atoms with Crippen LogP contribution in [-0.2, 0) is 23.8 Å². The van der Waals surface area contributed by atoms with E-state index in [1.165, 1.54) is 22.2 Å². The van der Waals surface area contributed by atoms with E-state index in [9.17, 15) is 9.90 Å². The van der Waals surface area contributed by atoms with Crippen molar-refractivity contribution in [1.29, 1.82) is 0 Å². The van der Waals surface area contributed by atoms with Crippen molar-refractivity contribution in [3.05, 3.63) is 35.5 Å². The smallest absolute Gasteiger partial charge is 0.321 e. The molecule has 1 aliphatic rings. The Labute approximate surface area is 118 Å². The summed E-state index contributed by atoms with van der Waals surface area (Å²) in [4.78, 5) is 13.6. The second-order valence-corrected chi connectivity index (χ2v) is 6.28. The maximum atomic E-state index is 11.7. The number of fused-ring (bicyclic) bond motifs is 3. The Morgan fingerprint density at radius 1 is 1.30 bits per heavy atom. The number of carboxylic acid groups (broad SMARTS) is 1. The molecule has 106 valence electrons. The zero-order chi connectivity index (χ0) is 14.7. The van der Waals surface area contributed by atoms with E-state index in [0.29, 0.717) is 6.54 Å². The van der Waals surface area contributed by atoms with Gasteiger partial charge in [0.2, 0.25) is 0 Å². The molecule has 0 fully saturated rings. The average Bonchev–Trinajstić information content (AvgIpc) is 2.63. The third-order valence-electron chi connectivity index (χ3n) is 4.63. The summed E-state index contributed by atoms with van der Waals surface area (Å²) in [6.45, 7) is 4.74. The van der Waals surface area contributed by atoms with Crippen LogP contribution < -0.4 is 0 Å². The Balaban J connectivity index is 2.36. The molecule has 2 heterocycles. The molecule has 1 atom stereocenters. The van der Waals surface area contributed by atoms with Gasteiger partial charge in [0.1, 0.15) is 6.04 Å². The van der Waals surface area contributed by atoms with Crippen LogP contribution in [-0.4, -0.2) is 33.6 Å². The van der Waals surface area contributed by atoms with Gasteiger partial charge in [0.15, 0.2) is 0 Å². The fourth-order valence-corrected chi connectivity index (χ4v) is 3.86. The van der Waals surface area contributed by atoms with Crippen molar-refractivity contribution in [2.45, 2.75) is 31.8 Å². The van der Waals surface area contributed by atoms with Crippen LogP contribution in [0.5, 0.6) is 0 Å². The normalized spacial score (nSPS) is 21.9. The maximum Gasteiger partial charge on any atom is 0.321 e. The lowest BCUT2D eigenvalue weighted by Gasteiger charge is -2.42. The van der Waals surface area contributed by atoms with Crippen molar-refractivity contribution >= 4 is 16.9 Å². The number of carboxylic acids is 1. The number of aryl methyl sites for hydroxylation is 1. The van der Waals surface area contributed by atoms with Crippen LogP contribution in [0.15, 0.2) is 24.3 Å². The summed E-state index contributed by atoms with van der Waals surface area (Å²) in [5, 5.41) is 10.8. The number of likely N-dealkylation sites (N-methyl/N-ethyl adjacent to an activating group) is 1. The minimum atomic E-state index is -0.754. The van der Waals surface area contributed by atoms with E-state index in [2.05, 4.69) is 23.7 Å². The molecule has 1 aliphatic heterocycles. The summed E-state index contributed by atoms with van der Waals surface area (Å²) in [5.41, 5.74) is 3.15. The second-order valence-electron chi connectivity index (χ2n) is 6.28. The number of rotatable bonds is 1. The third kappa shape index (κ3) is 1.54. The Kier molecular flexibility index (Phi) is 2.70. The first-order chi connectivity index (χ1) is 9.35. The number of hydrogen-bond donors (Lipinski definition) is 1. The first-order valence-electron chi connectivity index (χ1n) is 6.85. The summed E-state index contributed by atoms with van der Waals surface area (Å²) in [7, 11) is 3.95. The quantitative estimate of drug-likeness (QED) is 0.866. The lowest BCUT2D eigenvalue weighted by Crippen LogP contribution is -2.54. The highest BCUT2D eigenvalue weighted by Gasteiger charge is 2.46. The molecule has 20 heavy (non-hydrogen) atoms. The number of hydrogen-bond acceptors (Lipinski definition) is 2. The van der Waals surface area contributed by atoms with Crippen LogP contribution >= 0.6 is 0 Å². The van der Waals surface area contributed by atoms with Crippen LogP contribution in [0.2, 0.25) is 0 Å². The van der Waals surface area contributed by atoms with Gasteiger partial charge >= 0.3 is 5.97 Å². The summed E-state index contributed by atoms with van der Waals surface area (Å²) in [6, 6.07) is 7.74. The summed E-state index contributed by atoms with van der Waals surface area (Å²) >= 11 is 0. The van der Waals surface area contributed by atoms with Crippen molar-refractivity contribution in [1.82, 2.24) is 9.47 Å². The molecule has 0 aliphatic carbocycles. The van der Waals surface area contributed by atoms with Crippen molar-refractivity contribution < 1.29 is 9.90 Å². The zero-order valence-corrected chi connectivity index (χ0v) is 12.3. The molecular formula is C16H20N2O2. The number of aromatic nitrogens is 1. The SMILES string of the molecule is CN1Cc2c(c3ccccc3n2C)C(C)(C)[C@H]1C(=O)O. The van der Waals surface area contributed by atoms with Gasteiger partial charge < -0.3 is 9.67 Å². The molecule has 0 bridgehead atoms. The van der Waals surface area contributed by atoms with Crippen LogP contribution in [0.3, 0.4) is 0 Å². The number of carbonyl (C=O) groups is 1. The fraction of sp³-hybridized carbons (Fsp3) is 0.438. The molecular weight excluding hydrogens is 252 g/mol. The largest absolute Gasteiger partial charge is 0.480 e. The predicted octanol–water partition coefficient (Wildman–Crippen LogP) is 2.35. The predicted molar refractivity (Wildman–Crippen MR) is 78.8 cm³/mol. The van der Waals surface area contributed by atoms with E-state index in [-0.39, 0.29) is 0 Å². The lowest BCUT2D eigenvalue weighted by atomic mass is 9.73. The van der Waals surface area contributed by atoms with Crippen LogP contribution in [0.25, 0.3) is 10.9 Å². The van der Waals surface area contributed by atoms with Gasteiger partial charge in [-0.25, -0.2) is 0 Å². The topological polar surface area (TPSA) is 45.5 Å². The lowest BCUT2D eigenvalue weighted by molar-refractivity contribution is -0.146. The van der Waals surface area contributed by atoms with Gasteiger partial charge in [0.25, 0.3) is 0 Å². The van der Waals surface area contributed by atoms with E-state index >= 15 is 0 Å². The first-order valence-corrected chi connectivity index (χ1v) is 6.85. The Morgan fingerprint density at radius 2 is 1.95 bits per heavy atom. The Hall–Kier alpha value is -1.81. The zero-order valence-electron chi connectivity index (χ0n) is 12.3. The standard InChI is InChI=1S/C16H20N2O2/c1-16(2)13-10-7-5-6-8-11(10)18(4)12(13)9-17(3)14(16)15(19)20/h5-8,14H,9H2,1-4H3,(H,19,20)/t14-/m1/s1. The molecule has 4 heteroatoms. The third-order valence-corrected chi connectivity index (χ3v) is 4.63. The average molecular weight is 272 g/mol. The fourth-order valence-electron chi connectivity index (χ4n) is 3.86. The number of nitrogens with zero attached hydrogens (tertiary/aromatic N) is 2. The summed E-state index contributed by atoms with van der Waals surface area (Å²) < 4.78 is 2.20. The van der Waals surface area contributed by atoms with Crippen LogP contribution in [0, 0.1) is 0 Å². The van der Waals surface area contributed by atoms with Crippen molar-refractivity contribution in [2.24, 2.45) is 7.05 Å². The van der Waals surface area contributed by atoms with E-state index in [4.69, 9.17) is 0 Å². The van der Waals surface area contributed by atoms with Crippen LogP contribution in [0.1, 0.15) is 25.1 Å². The number of para-hydroxylation sites is 1. The Bertz CT molecular complexity index is 700. The number of benzene rings is 1. The molecule has 1 aromatic heterocycles. The van der Waals surface area contributed by atoms with Gasteiger partial charge in [-0.2, -0.15) is 0 Å². The number of aliphatic carboxylic acids is 1. The van der Waals surface area contributed by atoms with Gasteiger partial charge in [-0.3, -0.25) is 9.69 Å². The minimum Gasteiger partial charge on any atom is -0.480 e. The van der Waals surface area contributed by atoms with E-state index < -0.39 is 17.4 Å². The van der Waals surface area contributed by atoms with Crippen molar-refractivity contribution in [2.75, 3.05) is 7.05 Å². The molecule has 3 rings (SSSR count). The van der Waals surface area contributed by atoms with Gasteiger partial charge in [-0.1, -0.05) is 32.0 Å². The van der Waals surface area contributed by atoms with Gasteiger partial charge in [-0.15, -0.1) is 0 Å². The second kappa shape index (κ2) is 4.09. The van der Waals surface area contributed by atoms with Gasteiger partial charge in [0.05, 0.1) is 0 Å². The summed E-state index contributed by atoms with van der Waals surface area (Å²) in [6.07, 6.45) is 0. The molecule has 0 unspecified atom stereocenters. The maximum absolute atomic E-state index is 11.7. The molecule has 0 saturated heterocycles. The monoisotopic (exact) mass is 272 g/mol. The van der Waals surface area contributed by atoms with Gasteiger partial charge in [-0.05, 0) is 18.7 Å². The molecule has 4 nitrogen and oxygen atoms in total. The molecule has 0 radical (unpaired) electrons. The minimum absolute atomic E-state index is 0.422. The Morgan fingerprint density at radius 3 is 2.60 bits per heavy atom. The van der Waals surface area contributed by atoms with E-state index in [0.717, 1.165) is 0 Å². The molecule has 1 aromatic carbocycles. The van der Waals surface area contributed by atoms with E-state index in [1.54, 1.807) is 0 Å². The molecule has 1 N–H and O–H groups in total. The van der Waals surface area contributed by atoms with E-state index in [1.807, 2.05) is 37.9 Å². The first kappa shape index (κ1) is 13.2. The molecule has 2 aromatic rings. The van der Waals surface area contributed by atoms with Gasteiger partial charge in [0, 0.05) is 35.6 Å². The molecule has 0 amide bonds. The molecule has 0 spiro atoms. The highest BCUT2D eigenvalue weighted by atomic mass is 16.4. The van der Waals surface area contributed by atoms with Crippen LogP contribution in [0.4, 0.5) is 0 Å². The highest BCUT2D eigenvalue weighted by Crippen LogP contribution is 2.43. The van der Waals surface area contributed by atoms with Crippen molar-refractivity contribution in [3.63, 3.8) is 0 Å². The van der Waals surface area contributed by atoms with Crippen molar-refractivity contribution in [3.8, 4) is 0 Å². The highest BCUT2D eigenvalue weighted by molar-refractivity contribution is 5.89. The summed E-state index contributed by atoms with van der Waals surface area (Å²) in [5.74, 6) is -0.754.